The fraction of sp³-hybridized carbons (Fsp3) is 0.214. The molecule has 0 aliphatic rings. The molecule has 4 rings (SSSR count). The van der Waals surface area contributed by atoms with Crippen LogP contribution < -0.4 is 10.1 Å². The maximum absolute atomic E-state index is 12.7. The molecule has 5 heteroatoms. The predicted octanol–water partition coefficient (Wildman–Crippen LogP) is 5.72. The second kappa shape index (κ2) is 10.6. The number of fused-ring (bicyclic) bond motifs is 1. The van der Waals surface area contributed by atoms with Gasteiger partial charge in [0.05, 0.1) is 23.7 Å². The second-order valence-electron chi connectivity index (χ2n) is 7.97. The third-order valence-corrected chi connectivity index (χ3v) is 5.58. The van der Waals surface area contributed by atoms with Gasteiger partial charge in [-0.25, -0.2) is 4.98 Å². The van der Waals surface area contributed by atoms with Crippen molar-refractivity contribution < 1.29 is 9.53 Å². The molecule has 1 aromatic heterocycles. The Kier molecular flexibility index (Phi) is 7.20. The van der Waals surface area contributed by atoms with E-state index in [0.717, 1.165) is 47.6 Å². The van der Waals surface area contributed by atoms with Crippen LogP contribution in [0.1, 0.15) is 41.1 Å². The maximum Gasteiger partial charge on any atom is 0.251 e. The highest BCUT2D eigenvalue weighted by atomic mass is 16.5. The lowest BCUT2D eigenvalue weighted by Crippen LogP contribution is -2.28. The molecule has 1 atom stereocenters. The average molecular weight is 440 g/mol. The summed E-state index contributed by atoms with van der Waals surface area (Å²) in [5.41, 5.74) is 3.75. The second-order valence-corrected chi connectivity index (χ2v) is 7.97. The number of benzene rings is 3. The van der Waals surface area contributed by atoms with E-state index in [2.05, 4.69) is 28.6 Å². The molecule has 1 amide bonds. The maximum atomic E-state index is 12.7. The fourth-order valence-corrected chi connectivity index (χ4v) is 3.97. The largest absolute Gasteiger partial charge is 0.493 e. The first-order chi connectivity index (χ1) is 16.2. The van der Waals surface area contributed by atoms with Crippen molar-refractivity contribution in [2.45, 2.75) is 32.4 Å². The lowest BCUT2D eigenvalue weighted by molar-refractivity contribution is 0.0937. The van der Waals surface area contributed by atoms with Gasteiger partial charge in [-0.1, -0.05) is 54.6 Å². The number of hydrogen-bond acceptors (Lipinski definition) is 3. The van der Waals surface area contributed by atoms with Gasteiger partial charge in [-0.05, 0) is 55.7 Å². The summed E-state index contributed by atoms with van der Waals surface area (Å²) >= 11 is 0. The Hall–Kier alpha value is -3.86. The van der Waals surface area contributed by atoms with Gasteiger partial charge in [0, 0.05) is 12.1 Å². The number of ether oxygens (including phenoxy) is 1. The van der Waals surface area contributed by atoms with Gasteiger partial charge in [-0.3, -0.25) is 4.79 Å². The lowest BCUT2D eigenvalue weighted by Gasteiger charge is -2.17. The van der Waals surface area contributed by atoms with Crippen molar-refractivity contribution in [3.05, 3.63) is 108 Å². The lowest BCUT2D eigenvalue weighted by atomic mass is 10.1. The number of carbonyl (C=O) groups excluding carboxylic acids is 1. The van der Waals surface area contributed by atoms with E-state index in [1.165, 1.54) is 0 Å². The van der Waals surface area contributed by atoms with Crippen LogP contribution in [0.4, 0.5) is 0 Å². The minimum atomic E-state index is -0.237. The van der Waals surface area contributed by atoms with Crippen molar-refractivity contribution in [3.8, 4) is 5.75 Å². The van der Waals surface area contributed by atoms with E-state index in [1.807, 2.05) is 79.7 Å². The van der Waals surface area contributed by atoms with Gasteiger partial charge in [-0.2, -0.15) is 0 Å². The molecule has 4 aromatic rings. The number of amides is 1. The standard InChI is InChI=1S/C28H29N3O2/c1-3-12-22-13-7-10-18-26(22)33-20-11-19-31-25-17-9-8-16-24(25)30-27(31)21(2)29-28(32)23-14-5-4-6-15-23/h3-10,13-18,21H,1,11-12,19-20H2,2H3,(H,29,32). The third kappa shape index (κ3) is 5.32. The minimum Gasteiger partial charge on any atom is -0.493 e. The van der Waals surface area contributed by atoms with Crippen molar-refractivity contribution >= 4 is 16.9 Å². The van der Waals surface area contributed by atoms with Gasteiger partial charge >= 0.3 is 0 Å². The molecule has 0 saturated heterocycles. The summed E-state index contributed by atoms with van der Waals surface area (Å²) in [6.45, 7) is 7.13. The zero-order valence-corrected chi connectivity index (χ0v) is 18.9. The normalized spacial score (nSPS) is 11.8. The van der Waals surface area contributed by atoms with Gasteiger partial charge in [0.15, 0.2) is 0 Å². The van der Waals surface area contributed by atoms with Crippen LogP contribution in [0, 0.1) is 0 Å². The Morgan fingerprint density at radius 3 is 2.61 bits per heavy atom. The fourth-order valence-electron chi connectivity index (χ4n) is 3.97. The van der Waals surface area contributed by atoms with Crippen LogP contribution in [0.15, 0.2) is 91.5 Å². The number of rotatable bonds is 10. The van der Waals surface area contributed by atoms with Crippen LogP contribution in [0.25, 0.3) is 11.0 Å². The van der Waals surface area contributed by atoms with Gasteiger partial charge in [0.2, 0.25) is 0 Å². The van der Waals surface area contributed by atoms with Crippen LogP contribution in [0.5, 0.6) is 5.75 Å². The topological polar surface area (TPSA) is 56.1 Å². The molecule has 0 fully saturated rings. The van der Waals surface area contributed by atoms with Crippen molar-refractivity contribution in [3.63, 3.8) is 0 Å². The SMILES string of the molecule is C=CCc1ccccc1OCCCn1c(C(C)NC(=O)c2ccccc2)nc2ccccc21. The van der Waals surface area contributed by atoms with E-state index in [9.17, 15) is 4.79 Å². The highest BCUT2D eigenvalue weighted by Gasteiger charge is 2.19. The number of para-hydroxylation sites is 3. The Balaban J connectivity index is 1.47. The summed E-state index contributed by atoms with van der Waals surface area (Å²) in [5, 5.41) is 3.09. The number of aryl methyl sites for hydroxylation is 1. The summed E-state index contributed by atoms with van der Waals surface area (Å²) in [5.74, 6) is 1.63. The van der Waals surface area contributed by atoms with E-state index >= 15 is 0 Å². The Bertz CT molecular complexity index is 1230. The quantitative estimate of drug-likeness (QED) is 0.254. The zero-order chi connectivity index (χ0) is 23.0. The average Bonchev–Trinajstić information content (AvgIpc) is 3.22. The van der Waals surface area contributed by atoms with Crippen molar-refractivity contribution in [2.75, 3.05) is 6.61 Å². The van der Waals surface area contributed by atoms with Gasteiger partial charge in [0.1, 0.15) is 11.6 Å². The van der Waals surface area contributed by atoms with Crippen molar-refractivity contribution in [2.24, 2.45) is 0 Å². The number of carbonyl (C=O) groups is 1. The molecule has 0 radical (unpaired) electrons. The first kappa shape index (κ1) is 22.3. The van der Waals surface area contributed by atoms with Gasteiger partial charge in [-0.15, -0.1) is 6.58 Å². The molecule has 0 saturated carbocycles. The number of nitrogens with one attached hydrogen (secondary N) is 1. The Morgan fingerprint density at radius 2 is 1.79 bits per heavy atom. The van der Waals surface area contributed by atoms with Crippen molar-refractivity contribution in [1.82, 2.24) is 14.9 Å². The van der Waals surface area contributed by atoms with E-state index in [1.54, 1.807) is 0 Å². The van der Waals surface area contributed by atoms with E-state index in [-0.39, 0.29) is 11.9 Å². The molecule has 5 nitrogen and oxygen atoms in total. The van der Waals surface area contributed by atoms with Crippen LogP contribution in [-0.2, 0) is 13.0 Å². The number of imidazole rings is 1. The highest BCUT2D eigenvalue weighted by molar-refractivity contribution is 5.94. The molecule has 168 valence electrons. The number of hydrogen-bond donors (Lipinski definition) is 1. The van der Waals surface area contributed by atoms with E-state index in [4.69, 9.17) is 9.72 Å². The summed E-state index contributed by atoms with van der Waals surface area (Å²) in [6, 6.07) is 25.1. The van der Waals surface area contributed by atoms with Crippen LogP contribution in [0.3, 0.4) is 0 Å². The summed E-state index contributed by atoms with van der Waals surface area (Å²) in [6.07, 6.45) is 3.48. The molecular formula is C28H29N3O2. The number of aromatic nitrogens is 2. The first-order valence-corrected chi connectivity index (χ1v) is 11.3. The van der Waals surface area contributed by atoms with E-state index in [0.29, 0.717) is 12.2 Å². The minimum absolute atomic E-state index is 0.108. The van der Waals surface area contributed by atoms with Gasteiger partial charge in [0.25, 0.3) is 5.91 Å². The highest BCUT2D eigenvalue weighted by Crippen LogP contribution is 2.23. The Morgan fingerprint density at radius 1 is 1.06 bits per heavy atom. The zero-order valence-electron chi connectivity index (χ0n) is 18.9. The number of allylic oxidation sites excluding steroid dienone is 1. The van der Waals surface area contributed by atoms with Gasteiger partial charge < -0.3 is 14.6 Å². The predicted molar refractivity (Wildman–Crippen MR) is 133 cm³/mol. The molecule has 3 aromatic carbocycles. The monoisotopic (exact) mass is 439 g/mol. The summed E-state index contributed by atoms with van der Waals surface area (Å²) in [4.78, 5) is 17.5. The molecule has 0 aliphatic carbocycles. The van der Waals surface area contributed by atoms with Crippen LogP contribution in [0.2, 0.25) is 0 Å². The van der Waals surface area contributed by atoms with Crippen LogP contribution in [-0.4, -0.2) is 22.1 Å². The molecule has 1 N–H and O–H groups in total. The van der Waals surface area contributed by atoms with Crippen molar-refractivity contribution in [1.29, 1.82) is 0 Å². The smallest absolute Gasteiger partial charge is 0.251 e. The summed E-state index contributed by atoms with van der Waals surface area (Å²) in [7, 11) is 0. The Labute approximate surface area is 194 Å². The van der Waals surface area contributed by atoms with Crippen LogP contribution >= 0.6 is 0 Å². The third-order valence-electron chi connectivity index (χ3n) is 5.58. The molecule has 0 spiro atoms. The molecule has 0 bridgehead atoms. The molecule has 0 aliphatic heterocycles. The molecule has 33 heavy (non-hydrogen) atoms. The molecule has 1 heterocycles. The summed E-state index contributed by atoms with van der Waals surface area (Å²) < 4.78 is 8.26. The molecular weight excluding hydrogens is 410 g/mol. The number of nitrogens with zero attached hydrogens (tertiary/aromatic N) is 2. The van der Waals surface area contributed by atoms with E-state index < -0.39 is 0 Å². The molecule has 1 unspecified atom stereocenters. The first-order valence-electron chi connectivity index (χ1n) is 11.3.